The van der Waals surface area contributed by atoms with Gasteiger partial charge in [-0.3, -0.25) is 4.79 Å². The summed E-state index contributed by atoms with van der Waals surface area (Å²) >= 11 is 1.17. The lowest BCUT2D eigenvalue weighted by Crippen LogP contribution is -2.31. The Morgan fingerprint density at radius 2 is 2.10 bits per heavy atom. The number of nitrogens with zero attached hydrogens (tertiary/aromatic N) is 3. The van der Waals surface area contributed by atoms with E-state index in [4.69, 9.17) is 5.73 Å². The lowest BCUT2D eigenvalue weighted by atomic mass is 10.1. The number of aromatic nitrogens is 2. The van der Waals surface area contributed by atoms with E-state index in [1.54, 1.807) is 0 Å². The number of anilines is 1. The van der Waals surface area contributed by atoms with Crippen LogP contribution in [0.15, 0.2) is 24.3 Å². The number of carbonyl (C=O) groups is 1. The lowest BCUT2D eigenvalue weighted by Gasteiger charge is -2.22. The van der Waals surface area contributed by atoms with Crippen LogP contribution in [0.2, 0.25) is 0 Å². The maximum absolute atomic E-state index is 12.7. The molecule has 1 aromatic heterocycles. The molecule has 0 saturated carbocycles. The normalized spacial score (nSPS) is 10.6. The molecular formula is C15H20N4OS. The lowest BCUT2D eigenvalue weighted by molar-refractivity contribution is 0.0747. The van der Waals surface area contributed by atoms with E-state index in [-0.39, 0.29) is 5.91 Å². The average molecular weight is 304 g/mol. The number of nitrogen functional groups attached to an aromatic ring is 1. The van der Waals surface area contributed by atoms with E-state index in [9.17, 15) is 4.79 Å². The number of nitrogens with two attached hydrogens (primary N) is 1. The third-order valence-corrected chi connectivity index (χ3v) is 4.04. The van der Waals surface area contributed by atoms with Crippen LogP contribution in [0.1, 0.15) is 41.2 Å². The summed E-state index contributed by atoms with van der Waals surface area (Å²) in [5.41, 5.74) is 8.43. The summed E-state index contributed by atoms with van der Waals surface area (Å²) in [6.07, 6.45) is 1.61. The predicted molar refractivity (Wildman–Crippen MR) is 85.2 cm³/mol. The summed E-state index contributed by atoms with van der Waals surface area (Å²) in [6.45, 7) is 5.24. The molecule has 0 atom stereocenters. The topological polar surface area (TPSA) is 72.1 Å². The molecule has 0 radical (unpaired) electrons. The Hall–Kier alpha value is -1.95. The van der Waals surface area contributed by atoms with Gasteiger partial charge in [0.15, 0.2) is 0 Å². The van der Waals surface area contributed by atoms with Crippen molar-refractivity contribution in [2.24, 2.45) is 0 Å². The first kappa shape index (κ1) is 15.4. The Kier molecular flexibility index (Phi) is 5.27. The van der Waals surface area contributed by atoms with Crippen molar-refractivity contribution in [2.45, 2.75) is 33.2 Å². The molecule has 1 amide bonds. The third kappa shape index (κ3) is 3.58. The number of carbonyl (C=O) groups excluding carboxylic acids is 1. The van der Waals surface area contributed by atoms with E-state index in [1.807, 2.05) is 36.1 Å². The van der Waals surface area contributed by atoms with Crippen molar-refractivity contribution in [2.75, 3.05) is 12.3 Å². The summed E-state index contributed by atoms with van der Waals surface area (Å²) < 4.78 is 3.90. The van der Waals surface area contributed by atoms with E-state index in [1.165, 1.54) is 11.5 Å². The van der Waals surface area contributed by atoms with Gasteiger partial charge in [-0.1, -0.05) is 36.5 Å². The second-order valence-corrected chi connectivity index (χ2v) is 5.58. The smallest absolute Gasteiger partial charge is 0.267 e. The van der Waals surface area contributed by atoms with Gasteiger partial charge in [0.25, 0.3) is 5.91 Å². The molecule has 1 aromatic carbocycles. The summed E-state index contributed by atoms with van der Waals surface area (Å²) in [5, 5.41) is 4.02. The first-order valence-corrected chi connectivity index (χ1v) is 7.88. The van der Waals surface area contributed by atoms with E-state index in [2.05, 4.69) is 16.5 Å². The number of benzene rings is 1. The molecular weight excluding hydrogens is 284 g/mol. The number of hydrogen-bond acceptors (Lipinski definition) is 5. The minimum Gasteiger partial charge on any atom is -0.398 e. The maximum atomic E-state index is 12.7. The van der Waals surface area contributed by atoms with Crippen molar-refractivity contribution in [3.63, 3.8) is 0 Å². The molecule has 0 spiro atoms. The Morgan fingerprint density at radius 3 is 2.76 bits per heavy atom. The highest BCUT2D eigenvalue weighted by molar-refractivity contribution is 7.07. The van der Waals surface area contributed by atoms with Gasteiger partial charge in [0, 0.05) is 18.8 Å². The SMILES string of the molecule is CCCN(Cc1ccccc1N)C(=O)c1snnc1CC. The fourth-order valence-corrected chi connectivity index (χ4v) is 2.87. The van der Waals surface area contributed by atoms with Gasteiger partial charge in [-0.15, -0.1) is 5.10 Å². The average Bonchev–Trinajstić information content (AvgIpc) is 2.96. The summed E-state index contributed by atoms with van der Waals surface area (Å²) in [6, 6.07) is 7.64. The first-order chi connectivity index (χ1) is 10.2. The quantitative estimate of drug-likeness (QED) is 0.833. The molecule has 21 heavy (non-hydrogen) atoms. The predicted octanol–water partition coefficient (Wildman–Crippen LogP) is 2.74. The van der Waals surface area contributed by atoms with Crippen molar-refractivity contribution in [3.8, 4) is 0 Å². The van der Waals surface area contributed by atoms with Crippen LogP contribution >= 0.6 is 11.5 Å². The molecule has 0 aliphatic rings. The molecule has 2 aromatic rings. The highest BCUT2D eigenvalue weighted by atomic mass is 32.1. The summed E-state index contributed by atoms with van der Waals surface area (Å²) in [7, 11) is 0. The van der Waals surface area contributed by atoms with Gasteiger partial charge >= 0.3 is 0 Å². The van der Waals surface area contributed by atoms with Crippen molar-refractivity contribution in [1.82, 2.24) is 14.5 Å². The van der Waals surface area contributed by atoms with Crippen LogP contribution in [-0.2, 0) is 13.0 Å². The fourth-order valence-electron chi connectivity index (χ4n) is 2.15. The number of para-hydroxylation sites is 1. The van der Waals surface area contributed by atoms with Gasteiger partial charge in [-0.25, -0.2) is 0 Å². The van der Waals surface area contributed by atoms with E-state index >= 15 is 0 Å². The molecule has 1 heterocycles. The zero-order valence-corrected chi connectivity index (χ0v) is 13.2. The molecule has 5 nitrogen and oxygen atoms in total. The molecule has 2 rings (SSSR count). The van der Waals surface area contributed by atoms with E-state index < -0.39 is 0 Å². The van der Waals surface area contributed by atoms with Gasteiger partial charge in [0.1, 0.15) is 4.88 Å². The fraction of sp³-hybridized carbons (Fsp3) is 0.400. The monoisotopic (exact) mass is 304 g/mol. The Morgan fingerprint density at radius 1 is 1.33 bits per heavy atom. The van der Waals surface area contributed by atoms with Crippen LogP contribution in [0.3, 0.4) is 0 Å². The zero-order valence-electron chi connectivity index (χ0n) is 12.4. The second kappa shape index (κ2) is 7.17. The van der Waals surface area contributed by atoms with E-state index in [0.29, 0.717) is 30.1 Å². The van der Waals surface area contributed by atoms with Gasteiger partial charge in [0.05, 0.1) is 5.69 Å². The largest absolute Gasteiger partial charge is 0.398 e. The number of rotatable bonds is 6. The Balaban J connectivity index is 2.23. The van der Waals surface area contributed by atoms with Crippen molar-refractivity contribution in [1.29, 1.82) is 0 Å². The molecule has 0 bridgehead atoms. The van der Waals surface area contributed by atoms with Crippen LogP contribution < -0.4 is 5.73 Å². The summed E-state index contributed by atoms with van der Waals surface area (Å²) in [4.78, 5) is 15.2. The molecule has 0 unspecified atom stereocenters. The van der Waals surface area contributed by atoms with Crippen molar-refractivity contribution < 1.29 is 4.79 Å². The first-order valence-electron chi connectivity index (χ1n) is 7.11. The maximum Gasteiger partial charge on any atom is 0.267 e. The van der Waals surface area contributed by atoms with Gasteiger partial charge in [-0.2, -0.15) is 0 Å². The second-order valence-electron chi connectivity index (χ2n) is 4.83. The molecule has 0 fully saturated rings. The molecule has 2 N–H and O–H groups in total. The van der Waals surface area contributed by atoms with Gasteiger partial charge in [-0.05, 0) is 36.0 Å². The minimum absolute atomic E-state index is 0.00745. The number of hydrogen-bond donors (Lipinski definition) is 1. The molecule has 0 aliphatic heterocycles. The van der Waals surface area contributed by atoms with Crippen LogP contribution in [0.25, 0.3) is 0 Å². The Labute approximate surface area is 128 Å². The van der Waals surface area contributed by atoms with Crippen LogP contribution in [-0.4, -0.2) is 26.9 Å². The molecule has 0 saturated heterocycles. The highest BCUT2D eigenvalue weighted by Crippen LogP contribution is 2.19. The third-order valence-electron chi connectivity index (χ3n) is 3.28. The van der Waals surface area contributed by atoms with Crippen LogP contribution in [0, 0.1) is 0 Å². The zero-order chi connectivity index (χ0) is 15.2. The number of amides is 1. The Bertz CT molecular complexity index is 611. The summed E-state index contributed by atoms with van der Waals surface area (Å²) in [5.74, 6) is -0.00745. The van der Waals surface area contributed by atoms with Crippen molar-refractivity contribution in [3.05, 3.63) is 40.4 Å². The van der Waals surface area contributed by atoms with Crippen LogP contribution in [0.5, 0.6) is 0 Å². The highest BCUT2D eigenvalue weighted by Gasteiger charge is 2.21. The van der Waals surface area contributed by atoms with Gasteiger partial charge in [0.2, 0.25) is 0 Å². The van der Waals surface area contributed by atoms with E-state index in [0.717, 1.165) is 17.7 Å². The molecule has 0 aliphatic carbocycles. The number of aryl methyl sites for hydroxylation is 1. The molecule has 112 valence electrons. The van der Waals surface area contributed by atoms with Crippen molar-refractivity contribution >= 4 is 23.1 Å². The minimum atomic E-state index is -0.00745. The van der Waals surface area contributed by atoms with Crippen LogP contribution in [0.4, 0.5) is 5.69 Å². The standard InChI is InChI=1S/C15H20N4OS/c1-3-9-19(10-11-7-5-6-8-12(11)16)15(20)14-13(4-2)17-18-21-14/h5-8H,3-4,9-10,16H2,1-2H3. The van der Waals surface area contributed by atoms with Gasteiger partial charge < -0.3 is 10.6 Å². The molecule has 6 heteroatoms.